The van der Waals surface area contributed by atoms with Gasteiger partial charge < -0.3 is 20.0 Å². The lowest BCUT2D eigenvalue weighted by atomic mass is 9.84. The number of alkyl halides is 1. The molecule has 1 N–H and O–H groups in total. The molecule has 2 aromatic rings. The van der Waals surface area contributed by atoms with Crippen molar-refractivity contribution in [3.05, 3.63) is 60.4 Å². The van der Waals surface area contributed by atoms with Crippen LogP contribution in [0.3, 0.4) is 0 Å². The van der Waals surface area contributed by atoms with E-state index in [1.165, 1.54) is 0 Å². The number of piperidine rings is 1. The smallest absolute Gasteiger partial charge is 0.250 e. The summed E-state index contributed by atoms with van der Waals surface area (Å²) >= 11 is 6.03. The molecular weight excluding hydrogens is 478 g/mol. The lowest BCUT2D eigenvalue weighted by Crippen LogP contribution is -2.58. The zero-order chi connectivity index (χ0) is 25.8. The van der Waals surface area contributed by atoms with Gasteiger partial charge in [-0.15, -0.1) is 11.6 Å². The summed E-state index contributed by atoms with van der Waals surface area (Å²) in [5.74, 6) is -0.00451. The third-order valence-corrected chi connectivity index (χ3v) is 7.80. The fraction of sp³-hybridized carbons (Fsp3) is 0.481. The van der Waals surface area contributed by atoms with Crippen LogP contribution in [-0.2, 0) is 20.8 Å². The predicted molar refractivity (Wildman–Crippen MR) is 139 cm³/mol. The fourth-order valence-electron chi connectivity index (χ4n) is 4.99. The molecule has 2 saturated heterocycles. The molecule has 192 valence electrons. The lowest BCUT2D eigenvalue weighted by molar-refractivity contribution is -0.144. The molecule has 1 aromatic carbocycles. The van der Waals surface area contributed by atoms with E-state index >= 15 is 0 Å². The second-order valence-corrected chi connectivity index (χ2v) is 10.4. The monoisotopic (exact) mass is 511 g/mol. The van der Waals surface area contributed by atoms with E-state index in [0.29, 0.717) is 45.6 Å². The van der Waals surface area contributed by atoms with Crippen molar-refractivity contribution in [3.8, 4) is 0 Å². The SMILES string of the molecule is CC(C)(CCl)C(=O)N1CCC2(CC1)C(=O)N(CC(=O)NCCc1ccccn1)CN2c1ccccc1. The van der Waals surface area contributed by atoms with Gasteiger partial charge in [0.1, 0.15) is 12.1 Å². The van der Waals surface area contributed by atoms with Gasteiger partial charge in [-0.2, -0.15) is 0 Å². The average Bonchev–Trinajstić information content (AvgIpc) is 3.16. The van der Waals surface area contributed by atoms with Crippen molar-refractivity contribution in [2.75, 3.05) is 43.6 Å². The third-order valence-electron chi connectivity index (χ3n) is 7.14. The van der Waals surface area contributed by atoms with Crippen LogP contribution >= 0.6 is 11.6 Å². The maximum atomic E-state index is 13.8. The molecule has 1 aromatic heterocycles. The highest BCUT2D eigenvalue weighted by molar-refractivity contribution is 6.19. The van der Waals surface area contributed by atoms with E-state index in [0.717, 1.165) is 11.4 Å². The van der Waals surface area contributed by atoms with E-state index in [-0.39, 0.29) is 30.1 Å². The second kappa shape index (κ2) is 10.9. The van der Waals surface area contributed by atoms with Gasteiger partial charge >= 0.3 is 0 Å². The maximum Gasteiger partial charge on any atom is 0.250 e. The Balaban J connectivity index is 1.45. The number of carbonyl (C=O) groups excluding carboxylic acids is 3. The summed E-state index contributed by atoms with van der Waals surface area (Å²) in [6.45, 7) is 5.41. The lowest BCUT2D eigenvalue weighted by Gasteiger charge is -2.44. The zero-order valence-electron chi connectivity index (χ0n) is 21.0. The number of halogens is 1. The number of pyridine rings is 1. The number of hydrogen-bond acceptors (Lipinski definition) is 5. The molecule has 3 amide bonds. The summed E-state index contributed by atoms with van der Waals surface area (Å²) in [6.07, 6.45) is 3.36. The third kappa shape index (κ3) is 5.33. The van der Waals surface area contributed by atoms with Crippen LogP contribution in [0.1, 0.15) is 32.4 Å². The minimum Gasteiger partial charge on any atom is -0.354 e. The van der Waals surface area contributed by atoms with Crippen LogP contribution in [0.25, 0.3) is 0 Å². The quantitative estimate of drug-likeness (QED) is 0.551. The van der Waals surface area contributed by atoms with Gasteiger partial charge in [0.25, 0.3) is 5.91 Å². The summed E-state index contributed by atoms with van der Waals surface area (Å²) in [6, 6.07) is 15.5. The van der Waals surface area contributed by atoms with Gasteiger partial charge in [0.05, 0.1) is 12.1 Å². The van der Waals surface area contributed by atoms with Crippen molar-refractivity contribution in [2.45, 2.75) is 38.6 Å². The zero-order valence-corrected chi connectivity index (χ0v) is 21.7. The molecule has 8 nitrogen and oxygen atoms in total. The molecule has 4 rings (SSSR count). The number of carbonyl (C=O) groups is 3. The number of hydrogen-bond donors (Lipinski definition) is 1. The van der Waals surface area contributed by atoms with Crippen LogP contribution in [0.4, 0.5) is 5.69 Å². The van der Waals surface area contributed by atoms with Crippen LogP contribution in [0.5, 0.6) is 0 Å². The first kappa shape index (κ1) is 25.9. The van der Waals surface area contributed by atoms with Gasteiger partial charge in [0, 0.05) is 49.5 Å². The van der Waals surface area contributed by atoms with Crippen LogP contribution < -0.4 is 10.2 Å². The molecule has 0 saturated carbocycles. The number of benzene rings is 1. The number of amides is 3. The molecule has 0 bridgehead atoms. The number of para-hydroxylation sites is 1. The highest BCUT2D eigenvalue weighted by atomic mass is 35.5. The normalized spacial score (nSPS) is 17.5. The topological polar surface area (TPSA) is 85.8 Å². The molecule has 0 atom stereocenters. The molecule has 0 aliphatic carbocycles. The Hall–Kier alpha value is -3.13. The van der Waals surface area contributed by atoms with Crippen LogP contribution in [0, 0.1) is 5.41 Å². The minimum absolute atomic E-state index is 0.00589. The van der Waals surface area contributed by atoms with Crippen molar-refractivity contribution in [1.82, 2.24) is 20.1 Å². The Labute approximate surface area is 217 Å². The fourth-order valence-corrected chi connectivity index (χ4v) is 5.11. The molecule has 2 fully saturated rings. The standard InChI is InChI=1S/C27H34ClN5O3/c1-26(2,19-28)24(35)31-16-12-27(13-17-31)25(36)32(20-33(27)22-9-4-3-5-10-22)18-23(34)30-15-11-21-8-6-7-14-29-21/h3-10,14H,11-13,15-20H2,1-2H3,(H,30,34). The number of nitrogens with zero attached hydrogens (tertiary/aromatic N) is 4. The molecule has 0 radical (unpaired) electrons. The molecule has 1 spiro atoms. The summed E-state index contributed by atoms with van der Waals surface area (Å²) < 4.78 is 0. The Bertz CT molecular complexity index is 1070. The highest BCUT2D eigenvalue weighted by Crippen LogP contribution is 2.40. The number of aromatic nitrogens is 1. The first-order valence-corrected chi connectivity index (χ1v) is 12.9. The van der Waals surface area contributed by atoms with Gasteiger partial charge in [-0.1, -0.05) is 24.3 Å². The number of rotatable bonds is 8. The maximum absolute atomic E-state index is 13.8. The van der Waals surface area contributed by atoms with E-state index in [1.54, 1.807) is 11.1 Å². The summed E-state index contributed by atoms with van der Waals surface area (Å²) in [5, 5.41) is 2.91. The molecule has 2 aliphatic heterocycles. The average molecular weight is 512 g/mol. The van der Waals surface area contributed by atoms with Gasteiger partial charge in [0.15, 0.2) is 0 Å². The number of anilines is 1. The second-order valence-electron chi connectivity index (χ2n) is 10.2. The molecule has 2 aliphatic rings. The van der Waals surface area contributed by atoms with Gasteiger partial charge in [-0.25, -0.2) is 0 Å². The summed E-state index contributed by atoms with van der Waals surface area (Å²) in [7, 11) is 0. The Morgan fingerprint density at radius 1 is 1.08 bits per heavy atom. The van der Waals surface area contributed by atoms with Crippen LogP contribution in [0.2, 0.25) is 0 Å². The molecular formula is C27H34ClN5O3. The highest BCUT2D eigenvalue weighted by Gasteiger charge is 2.54. The first-order chi connectivity index (χ1) is 17.3. The predicted octanol–water partition coefficient (Wildman–Crippen LogP) is 2.67. The summed E-state index contributed by atoms with van der Waals surface area (Å²) in [5.41, 5.74) is 0.412. The van der Waals surface area contributed by atoms with E-state index in [2.05, 4.69) is 15.2 Å². The van der Waals surface area contributed by atoms with Crippen LogP contribution in [-0.4, -0.2) is 76.8 Å². The van der Waals surface area contributed by atoms with E-state index < -0.39 is 11.0 Å². The van der Waals surface area contributed by atoms with E-state index in [4.69, 9.17) is 11.6 Å². The minimum atomic E-state index is -0.780. The Kier molecular flexibility index (Phi) is 7.83. The molecule has 9 heteroatoms. The van der Waals surface area contributed by atoms with Crippen LogP contribution in [0.15, 0.2) is 54.7 Å². The van der Waals surface area contributed by atoms with Crippen molar-refractivity contribution >= 4 is 35.0 Å². The summed E-state index contributed by atoms with van der Waals surface area (Å²) in [4.78, 5) is 49.3. The van der Waals surface area contributed by atoms with Crippen molar-refractivity contribution in [1.29, 1.82) is 0 Å². The Morgan fingerprint density at radius 3 is 2.42 bits per heavy atom. The van der Waals surface area contributed by atoms with Crippen molar-refractivity contribution < 1.29 is 14.4 Å². The Morgan fingerprint density at radius 2 is 1.78 bits per heavy atom. The van der Waals surface area contributed by atoms with Gasteiger partial charge in [0.2, 0.25) is 11.8 Å². The largest absolute Gasteiger partial charge is 0.354 e. The van der Waals surface area contributed by atoms with Crippen molar-refractivity contribution in [2.24, 2.45) is 5.41 Å². The first-order valence-electron chi connectivity index (χ1n) is 12.4. The molecule has 36 heavy (non-hydrogen) atoms. The van der Waals surface area contributed by atoms with E-state index in [1.807, 2.05) is 67.3 Å². The van der Waals surface area contributed by atoms with Gasteiger partial charge in [-0.05, 0) is 51.0 Å². The van der Waals surface area contributed by atoms with Crippen molar-refractivity contribution in [3.63, 3.8) is 0 Å². The molecule has 3 heterocycles. The number of likely N-dealkylation sites (tertiary alicyclic amines) is 1. The molecule has 0 unspecified atom stereocenters. The number of nitrogens with one attached hydrogen (secondary N) is 1. The van der Waals surface area contributed by atoms with Gasteiger partial charge in [-0.3, -0.25) is 19.4 Å². The van der Waals surface area contributed by atoms with E-state index in [9.17, 15) is 14.4 Å².